The predicted molar refractivity (Wildman–Crippen MR) is 58.6 cm³/mol. The topological polar surface area (TPSA) is 84.3 Å². The molecule has 0 aromatic carbocycles. The molecule has 0 saturated heterocycles. The summed E-state index contributed by atoms with van der Waals surface area (Å²) in [6, 6.07) is 3.21. The van der Waals surface area contributed by atoms with Crippen molar-refractivity contribution in [2.24, 2.45) is 0 Å². The van der Waals surface area contributed by atoms with E-state index in [1.165, 1.54) is 26.2 Å². The molecule has 0 saturated carbocycles. The van der Waals surface area contributed by atoms with Gasteiger partial charge in [0.15, 0.2) is 14.6 Å². The zero-order valence-electron chi connectivity index (χ0n) is 9.04. The lowest BCUT2D eigenvalue weighted by molar-refractivity contribution is -0.139. The first-order valence-electron chi connectivity index (χ1n) is 4.62. The Kier molecular flexibility index (Phi) is 3.32. The Balaban J connectivity index is 3.02. The minimum atomic E-state index is -3.75. The van der Waals surface area contributed by atoms with Crippen LogP contribution in [0.15, 0.2) is 24.5 Å². The van der Waals surface area contributed by atoms with Crippen LogP contribution < -0.4 is 0 Å². The van der Waals surface area contributed by atoms with Crippen molar-refractivity contribution in [2.45, 2.75) is 24.3 Å². The fourth-order valence-electron chi connectivity index (χ4n) is 1.02. The van der Waals surface area contributed by atoms with Crippen LogP contribution in [0.3, 0.4) is 0 Å². The molecule has 0 radical (unpaired) electrons. The minimum absolute atomic E-state index is 0.319. The van der Waals surface area contributed by atoms with E-state index in [0.29, 0.717) is 5.56 Å². The van der Waals surface area contributed by atoms with E-state index in [-0.39, 0.29) is 5.75 Å². The number of nitrogens with zero attached hydrogens (tertiary/aromatic N) is 1. The summed E-state index contributed by atoms with van der Waals surface area (Å²) in [4.78, 5) is 14.6. The summed E-state index contributed by atoms with van der Waals surface area (Å²) in [5.41, 5.74) is 0.483. The second-order valence-corrected chi connectivity index (χ2v) is 6.47. The standard InChI is InChI=1S/C10H13NO4S/c1-10(2,9(12)13)16(14,15)7-8-4-3-5-11-6-8/h3-6H,7H2,1-2H3,(H,12,13). The number of hydrogen-bond acceptors (Lipinski definition) is 4. The summed E-state index contributed by atoms with van der Waals surface area (Å²) in [5, 5.41) is 8.86. The van der Waals surface area contributed by atoms with E-state index in [9.17, 15) is 13.2 Å². The van der Waals surface area contributed by atoms with Crippen LogP contribution in [0, 0.1) is 0 Å². The number of pyridine rings is 1. The molecule has 0 atom stereocenters. The molecular formula is C10H13NO4S. The second kappa shape index (κ2) is 4.21. The van der Waals surface area contributed by atoms with Crippen molar-refractivity contribution >= 4 is 15.8 Å². The van der Waals surface area contributed by atoms with Crippen LogP contribution in [0.25, 0.3) is 0 Å². The van der Waals surface area contributed by atoms with Crippen LogP contribution in [0.1, 0.15) is 19.4 Å². The van der Waals surface area contributed by atoms with Gasteiger partial charge in [-0.15, -0.1) is 0 Å². The molecule has 0 amide bonds. The Bertz CT molecular complexity index is 479. The van der Waals surface area contributed by atoms with Gasteiger partial charge in [-0.3, -0.25) is 9.78 Å². The first kappa shape index (κ1) is 12.6. The molecular weight excluding hydrogens is 230 g/mol. The van der Waals surface area contributed by atoms with Crippen molar-refractivity contribution in [1.82, 2.24) is 4.98 Å². The molecule has 0 bridgehead atoms. The van der Waals surface area contributed by atoms with Crippen LogP contribution >= 0.6 is 0 Å². The molecule has 88 valence electrons. The van der Waals surface area contributed by atoms with E-state index in [1.807, 2.05) is 0 Å². The highest BCUT2D eigenvalue weighted by molar-refractivity contribution is 7.92. The van der Waals surface area contributed by atoms with Crippen LogP contribution in [0.2, 0.25) is 0 Å². The number of carboxylic acid groups (broad SMARTS) is 1. The third-order valence-electron chi connectivity index (χ3n) is 2.37. The lowest BCUT2D eigenvalue weighted by Gasteiger charge is -2.19. The molecule has 0 spiro atoms. The highest BCUT2D eigenvalue weighted by Gasteiger charge is 2.41. The first-order valence-corrected chi connectivity index (χ1v) is 6.27. The van der Waals surface area contributed by atoms with Crippen molar-refractivity contribution in [3.05, 3.63) is 30.1 Å². The average Bonchev–Trinajstić information content (AvgIpc) is 2.18. The second-order valence-electron chi connectivity index (χ2n) is 3.94. The number of rotatable bonds is 4. The number of hydrogen-bond donors (Lipinski definition) is 1. The molecule has 6 heteroatoms. The van der Waals surface area contributed by atoms with Crippen molar-refractivity contribution in [3.63, 3.8) is 0 Å². The van der Waals surface area contributed by atoms with Crippen LogP contribution in [0.4, 0.5) is 0 Å². The van der Waals surface area contributed by atoms with Gasteiger partial charge in [-0.2, -0.15) is 0 Å². The normalized spacial score (nSPS) is 12.4. The van der Waals surface area contributed by atoms with Crippen molar-refractivity contribution < 1.29 is 18.3 Å². The van der Waals surface area contributed by atoms with Gasteiger partial charge in [0.2, 0.25) is 0 Å². The van der Waals surface area contributed by atoms with Gasteiger partial charge in [0.1, 0.15) is 0 Å². The van der Waals surface area contributed by atoms with E-state index >= 15 is 0 Å². The molecule has 0 aliphatic rings. The van der Waals surface area contributed by atoms with Gasteiger partial charge in [-0.25, -0.2) is 8.42 Å². The number of carboxylic acids is 1. The maximum Gasteiger partial charge on any atom is 0.324 e. The molecule has 0 aliphatic carbocycles. The van der Waals surface area contributed by atoms with Gasteiger partial charge in [0.05, 0.1) is 5.75 Å². The Labute approximate surface area is 94.1 Å². The molecule has 16 heavy (non-hydrogen) atoms. The number of aliphatic carboxylic acids is 1. The van der Waals surface area contributed by atoms with Gasteiger partial charge in [0.25, 0.3) is 0 Å². The highest BCUT2D eigenvalue weighted by Crippen LogP contribution is 2.21. The van der Waals surface area contributed by atoms with E-state index in [1.54, 1.807) is 12.1 Å². The molecule has 1 rings (SSSR count). The van der Waals surface area contributed by atoms with Crippen molar-refractivity contribution in [2.75, 3.05) is 0 Å². The summed E-state index contributed by atoms with van der Waals surface area (Å²) >= 11 is 0. The lowest BCUT2D eigenvalue weighted by Crippen LogP contribution is -2.41. The Morgan fingerprint density at radius 3 is 2.56 bits per heavy atom. The fourth-order valence-corrected chi connectivity index (χ4v) is 2.25. The molecule has 5 nitrogen and oxygen atoms in total. The van der Waals surface area contributed by atoms with Gasteiger partial charge in [-0.1, -0.05) is 6.07 Å². The lowest BCUT2D eigenvalue weighted by atomic mass is 10.2. The minimum Gasteiger partial charge on any atom is -0.480 e. The summed E-state index contributed by atoms with van der Waals surface area (Å²) in [6.45, 7) is 2.36. The van der Waals surface area contributed by atoms with E-state index in [2.05, 4.69) is 4.98 Å². The molecule has 0 unspecified atom stereocenters. The molecule has 1 aromatic heterocycles. The van der Waals surface area contributed by atoms with Crippen LogP contribution in [0.5, 0.6) is 0 Å². The molecule has 1 aromatic rings. The number of sulfone groups is 1. The van der Waals surface area contributed by atoms with Crippen LogP contribution in [-0.4, -0.2) is 29.2 Å². The Morgan fingerprint density at radius 2 is 2.12 bits per heavy atom. The maximum atomic E-state index is 11.9. The third kappa shape index (κ3) is 2.38. The van der Waals surface area contributed by atoms with Crippen LogP contribution in [-0.2, 0) is 20.4 Å². The quantitative estimate of drug-likeness (QED) is 0.847. The van der Waals surface area contributed by atoms with Gasteiger partial charge < -0.3 is 5.11 Å². The highest BCUT2D eigenvalue weighted by atomic mass is 32.2. The SMILES string of the molecule is CC(C)(C(=O)O)S(=O)(=O)Cc1cccnc1. The summed E-state index contributed by atoms with van der Waals surface area (Å²) in [5.74, 6) is -1.67. The summed E-state index contributed by atoms with van der Waals surface area (Å²) in [7, 11) is -3.75. The predicted octanol–water partition coefficient (Wildman–Crippen LogP) is 0.860. The zero-order chi connectivity index (χ0) is 12.4. The molecule has 1 N–H and O–H groups in total. The zero-order valence-corrected chi connectivity index (χ0v) is 9.86. The summed E-state index contributed by atoms with van der Waals surface area (Å²) < 4.78 is 21.9. The Hall–Kier alpha value is -1.43. The van der Waals surface area contributed by atoms with E-state index in [4.69, 9.17) is 5.11 Å². The maximum absolute atomic E-state index is 11.9. The molecule has 1 heterocycles. The Morgan fingerprint density at radius 1 is 1.50 bits per heavy atom. The number of carbonyl (C=O) groups is 1. The molecule has 0 aliphatic heterocycles. The fraction of sp³-hybridized carbons (Fsp3) is 0.400. The first-order chi connectivity index (χ1) is 7.27. The number of aromatic nitrogens is 1. The van der Waals surface area contributed by atoms with Crippen molar-refractivity contribution in [3.8, 4) is 0 Å². The van der Waals surface area contributed by atoms with E-state index < -0.39 is 20.6 Å². The smallest absolute Gasteiger partial charge is 0.324 e. The largest absolute Gasteiger partial charge is 0.480 e. The summed E-state index contributed by atoms with van der Waals surface area (Å²) in [6.07, 6.45) is 2.94. The average molecular weight is 243 g/mol. The van der Waals surface area contributed by atoms with Crippen molar-refractivity contribution in [1.29, 1.82) is 0 Å². The van der Waals surface area contributed by atoms with E-state index in [0.717, 1.165) is 0 Å². The van der Waals surface area contributed by atoms with Gasteiger partial charge >= 0.3 is 5.97 Å². The monoisotopic (exact) mass is 243 g/mol. The van der Waals surface area contributed by atoms with Gasteiger partial charge in [0, 0.05) is 12.4 Å². The third-order valence-corrected chi connectivity index (χ3v) is 4.82. The molecule has 0 fully saturated rings. The van der Waals surface area contributed by atoms with Gasteiger partial charge in [-0.05, 0) is 25.5 Å².